The number of hydrogen-bond donors (Lipinski definition) is 1. The first-order valence-electron chi connectivity index (χ1n) is 14.1. The molecule has 0 bridgehead atoms. The van der Waals surface area contributed by atoms with Crippen molar-refractivity contribution in [3.05, 3.63) is 107 Å². The predicted octanol–water partition coefficient (Wildman–Crippen LogP) is 4.29. The van der Waals surface area contributed by atoms with Crippen LogP contribution in [0.2, 0.25) is 0 Å². The number of piperidine rings is 1. The Kier molecular flexibility index (Phi) is 7.59. The Morgan fingerprint density at radius 1 is 0.881 bits per heavy atom. The number of piperazine rings is 1. The van der Waals surface area contributed by atoms with E-state index < -0.39 is 24.2 Å². The van der Waals surface area contributed by atoms with Crippen molar-refractivity contribution >= 4 is 17.7 Å². The average molecular weight is 577 g/mol. The maximum Gasteiger partial charge on any atom is 0.405 e. The number of carbonyl (C=O) groups is 3. The summed E-state index contributed by atoms with van der Waals surface area (Å²) >= 11 is 0. The fourth-order valence-corrected chi connectivity index (χ4v) is 6.42. The van der Waals surface area contributed by atoms with Crippen molar-refractivity contribution in [1.29, 1.82) is 0 Å². The van der Waals surface area contributed by atoms with Crippen LogP contribution in [0.1, 0.15) is 51.5 Å². The van der Waals surface area contributed by atoms with Crippen LogP contribution in [-0.4, -0.2) is 70.3 Å². The van der Waals surface area contributed by atoms with E-state index in [4.69, 9.17) is 0 Å². The quantitative estimate of drug-likeness (QED) is 0.444. The van der Waals surface area contributed by atoms with Crippen LogP contribution in [0.5, 0.6) is 0 Å². The largest absolute Gasteiger partial charge is 0.405 e. The first kappa shape index (κ1) is 28.1. The van der Waals surface area contributed by atoms with Crippen LogP contribution in [-0.2, 0) is 22.7 Å². The minimum Gasteiger partial charge on any atom is -0.322 e. The summed E-state index contributed by atoms with van der Waals surface area (Å²) in [4.78, 5) is 41.8. The van der Waals surface area contributed by atoms with Crippen molar-refractivity contribution in [2.24, 2.45) is 0 Å². The summed E-state index contributed by atoms with van der Waals surface area (Å²) in [6.07, 6.45) is -4.03. The zero-order valence-electron chi connectivity index (χ0n) is 22.9. The topological polar surface area (TPSA) is 73.0 Å². The standard InChI is InChI=1S/C32H31F3N4O3/c33-32(34,35)27-20-38(29(22-7-3-1-4-8-22)23-9-5-2-6-10-23)16-15-37(27)18-21-11-12-25-24(17-21)19-39(31(25)42)26-13-14-28(40)36-30(26)41/h1-12,17,26-27,29H,13-16,18-20H2,(H,36,40,41). The molecule has 3 aliphatic heterocycles. The van der Waals surface area contributed by atoms with Gasteiger partial charge in [-0.2, -0.15) is 13.2 Å². The van der Waals surface area contributed by atoms with Crippen molar-refractivity contribution in [2.45, 2.75) is 50.2 Å². The van der Waals surface area contributed by atoms with E-state index in [9.17, 15) is 27.6 Å². The molecule has 6 rings (SSSR count). The summed E-state index contributed by atoms with van der Waals surface area (Å²) in [6, 6.07) is 21.6. The number of rotatable bonds is 6. The van der Waals surface area contributed by atoms with Gasteiger partial charge in [0.15, 0.2) is 0 Å². The van der Waals surface area contributed by atoms with Crippen LogP contribution in [0, 0.1) is 0 Å². The zero-order chi connectivity index (χ0) is 29.4. The minimum atomic E-state index is -4.44. The Morgan fingerprint density at radius 3 is 2.17 bits per heavy atom. The number of amides is 3. The highest BCUT2D eigenvalue weighted by molar-refractivity contribution is 6.05. The molecule has 2 saturated heterocycles. The maximum atomic E-state index is 14.5. The highest BCUT2D eigenvalue weighted by atomic mass is 19.4. The van der Waals surface area contributed by atoms with E-state index in [0.29, 0.717) is 23.2 Å². The van der Waals surface area contributed by atoms with Crippen LogP contribution < -0.4 is 5.32 Å². The first-order chi connectivity index (χ1) is 20.2. The molecule has 0 aromatic heterocycles. The van der Waals surface area contributed by atoms with Gasteiger partial charge in [-0.05, 0) is 34.7 Å². The van der Waals surface area contributed by atoms with Crippen molar-refractivity contribution in [2.75, 3.05) is 19.6 Å². The van der Waals surface area contributed by atoms with Gasteiger partial charge >= 0.3 is 6.18 Å². The fraction of sp³-hybridized carbons (Fsp3) is 0.344. The van der Waals surface area contributed by atoms with Crippen LogP contribution in [0.4, 0.5) is 13.2 Å². The van der Waals surface area contributed by atoms with E-state index in [0.717, 1.165) is 11.1 Å². The smallest absolute Gasteiger partial charge is 0.322 e. The highest BCUT2D eigenvalue weighted by Gasteiger charge is 2.48. The lowest BCUT2D eigenvalue weighted by Gasteiger charge is -2.45. The van der Waals surface area contributed by atoms with E-state index in [1.807, 2.05) is 65.6 Å². The van der Waals surface area contributed by atoms with E-state index in [1.54, 1.807) is 18.2 Å². The predicted molar refractivity (Wildman–Crippen MR) is 149 cm³/mol. The fourth-order valence-electron chi connectivity index (χ4n) is 6.42. The minimum absolute atomic E-state index is 0.0826. The number of carbonyl (C=O) groups excluding carboxylic acids is 3. The lowest BCUT2D eigenvalue weighted by Crippen LogP contribution is -2.59. The molecule has 42 heavy (non-hydrogen) atoms. The molecule has 2 unspecified atom stereocenters. The summed E-state index contributed by atoms with van der Waals surface area (Å²) in [7, 11) is 0. The third-order valence-electron chi connectivity index (χ3n) is 8.47. The van der Waals surface area contributed by atoms with E-state index >= 15 is 0 Å². The van der Waals surface area contributed by atoms with Gasteiger partial charge in [0.25, 0.3) is 5.91 Å². The molecule has 0 radical (unpaired) electrons. The second-order valence-electron chi connectivity index (χ2n) is 11.1. The molecule has 0 saturated carbocycles. The molecule has 3 aliphatic rings. The lowest BCUT2D eigenvalue weighted by molar-refractivity contribution is -0.200. The van der Waals surface area contributed by atoms with Gasteiger partial charge in [0.05, 0.1) is 6.04 Å². The van der Waals surface area contributed by atoms with Gasteiger partial charge in [0, 0.05) is 44.7 Å². The molecule has 3 aromatic carbocycles. The molecule has 1 N–H and O–H groups in total. The van der Waals surface area contributed by atoms with Gasteiger partial charge in [-0.3, -0.25) is 29.5 Å². The van der Waals surface area contributed by atoms with Gasteiger partial charge in [0.2, 0.25) is 11.8 Å². The number of fused-ring (bicyclic) bond motifs is 1. The van der Waals surface area contributed by atoms with Crippen molar-refractivity contribution < 1.29 is 27.6 Å². The van der Waals surface area contributed by atoms with Gasteiger partial charge < -0.3 is 4.90 Å². The molecule has 0 spiro atoms. The van der Waals surface area contributed by atoms with Crippen molar-refractivity contribution in [1.82, 2.24) is 20.0 Å². The third-order valence-corrected chi connectivity index (χ3v) is 8.47. The summed E-state index contributed by atoms with van der Waals surface area (Å²) in [5.74, 6) is -1.16. The lowest BCUT2D eigenvalue weighted by atomic mass is 9.95. The molecular weight excluding hydrogens is 545 g/mol. The number of hydrogen-bond acceptors (Lipinski definition) is 5. The zero-order valence-corrected chi connectivity index (χ0v) is 22.9. The molecule has 0 aliphatic carbocycles. The molecule has 3 aromatic rings. The normalized spacial score (nSPS) is 22.0. The number of nitrogens with zero attached hydrogens (tertiary/aromatic N) is 3. The monoisotopic (exact) mass is 576 g/mol. The van der Waals surface area contributed by atoms with Crippen LogP contribution in [0.25, 0.3) is 0 Å². The van der Waals surface area contributed by atoms with Crippen LogP contribution in [0.3, 0.4) is 0 Å². The summed E-state index contributed by atoms with van der Waals surface area (Å²) in [5, 5.41) is 2.28. The second-order valence-corrected chi connectivity index (χ2v) is 11.1. The SMILES string of the molecule is O=C1CCC(N2Cc3cc(CN4CCN(C(c5ccccc5)c5ccccc5)CC4C(F)(F)F)ccc3C2=O)C(=O)N1. The summed E-state index contributed by atoms with van der Waals surface area (Å²) < 4.78 is 43.6. The van der Waals surface area contributed by atoms with Gasteiger partial charge in [-0.25, -0.2) is 0 Å². The second kappa shape index (κ2) is 11.3. The van der Waals surface area contributed by atoms with Crippen molar-refractivity contribution in [3.63, 3.8) is 0 Å². The molecule has 3 heterocycles. The number of nitrogens with one attached hydrogen (secondary N) is 1. The molecule has 218 valence electrons. The van der Waals surface area contributed by atoms with E-state index in [2.05, 4.69) is 5.32 Å². The highest BCUT2D eigenvalue weighted by Crippen LogP contribution is 2.36. The Labute approximate surface area is 241 Å². The molecule has 3 amide bonds. The van der Waals surface area contributed by atoms with Gasteiger partial charge in [-0.15, -0.1) is 0 Å². The first-order valence-corrected chi connectivity index (χ1v) is 14.1. The van der Waals surface area contributed by atoms with Crippen LogP contribution >= 0.6 is 0 Å². The summed E-state index contributed by atoms with van der Waals surface area (Å²) in [5.41, 5.74) is 3.69. The Balaban J connectivity index is 1.21. The molecule has 2 atom stereocenters. The third kappa shape index (κ3) is 5.56. The average Bonchev–Trinajstić information content (AvgIpc) is 3.29. The number of alkyl halides is 3. The Morgan fingerprint density at radius 2 is 1.55 bits per heavy atom. The van der Waals surface area contributed by atoms with E-state index in [-0.39, 0.29) is 56.9 Å². The number of benzene rings is 3. The number of halogens is 3. The van der Waals surface area contributed by atoms with E-state index in [1.165, 1.54) is 9.80 Å². The van der Waals surface area contributed by atoms with Gasteiger partial charge in [-0.1, -0.05) is 72.8 Å². The molecule has 2 fully saturated rings. The Bertz CT molecular complexity index is 1440. The van der Waals surface area contributed by atoms with Gasteiger partial charge in [0.1, 0.15) is 12.1 Å². The van der Waals surface area contributed by atoms with Crippen molar-refractivity contribution in [3.8, 4) is 0 Å². The summed E-state index contributed by atoms with van der Waals surface area (Å²) in [6.45, 7) is 0.761. The maximum absolute atomic E-state index is 14.5. The Hall–Kier alpha value is -4.02. The van der Waals surface area contributed by atoms with Crippen LogP contribution in [0.15, 0.2) is 78.9 Å². The molecular formula is C32H31F3N4O3. The molecule has 7 nitrogen and oxygen atoms in total. The molecule has 10 heteroatoms. The number of imide groups is 1.